The monoisotopic (exact) mass is 390 g/mol. The lowest BCUT2D eigenvalue weighted by atomic mass is 10.1. The van der Waals surface area contributed by atoms with Crippen LogP contribution in [0.4, 0.5) is 0 Å². The molecule has 0 unspecified atom stereocenters. The van der Waals surface area contributed by atoms with Gasteiger partial charge in [-0.1, -0.05) is 12.1 Å². The molecule has 1 aromatic carbocycles. The first-order valence-electron chi connectivity index (χ1n) is 8.68. The van der Waals surface area contributed by atoms with E-state index in [2.05, 4.69) is 4.98 Å². The van der Waals surface area contributed by atoms with Crippen molar-refractivity contribution in [3.63, 3.8) is 0 Å². The number of carbonyl (C=O) groups excluding carboxylic acids is 1. The maximum absolute atomic E-state index is 12.3. The minimum Gasteiger partial charge on any atom is -0.365 e. The zero-order chi connectivity index (χ0) is 19.7. The van der Waals surface area contributed by atoms with Crippen LogP contribution in [0.5, 0.6) is 0 Å². The number of nitrogens with zero attached hydrogens (tertiary/aromatic N) is 3. The lowest BCUT2D eigenvalue weighted by Gasteiger charge is -2.06. The molecule has 2 N–H and O–H groups in total. The molecular weight excluding hydrogens is 372 g/mol. The first-order valence-corrected chi connectivity index (χ1v) is 9.56. The third kappa shape index (κ3) is 3.39. The molecule has 7 heteroatoms. The van der Waals surface area contributed by atoms with Gasteiger partial charge in [0.1, 0.15) is 0 Å². The molecule has 0 bridgehead atoms. The number of amides is 1. The van der Waals surface area contributed by atoms with Gasteiger partial charge in [0.15, 0.2) is 0 Å². The number of nitrogens with two attached hydrogens (primary N) is 1. The standard InChI is InChI=1S/C21H18N4O2S/c1-24-9-2-3-18(21(24)27)14-4-6-17(7-5-14)25-12-16(23-13-25)11-15-8-10-28-19(15)20(22)26/h2-10,12-13H,11H2,1H3,(H2,22,26). The molecule has 0 aliphatic carbocycles. The Hall–Kier alpha value is -3.45. The molecule has 4 aromatic rings. The average molecular weight is 390 g/mol. The molecule has 28 heavy (non-hydrogen) atoms. The number of thiophene rings is 1. The van der Waals surface area contributed by atoms with Gasteiger partial charge in [-0.25, -0.2) is 4.98 Å². The third-order valence-electron chi connectivity index (χ3n) is 4.58. The lowest BCUT2D eigenvalue weighted by Crippen LogP contribution is -2.17. The van der Waals surface area contributed by atoms with Crippen LogP contribution in [0, 0.1) is 0 Å². The quantitative estimate of drug-likeness (QED) is 0.569. The van der Waals surface area contributed by atoms with Gasteiger partial charge in [-0.05, 0) is 46.8 Å². The molecule has 3 heterocycles. The number of primary amides is 1. The molecule has 0 spiro atoms. The number of carbonyl (C=O) groups is 1. The second-order valence-corrected chi connectivity index (χ2v) is 7.39. The summed E-state index contributed by atoms with van der Waals surface area (Å²) >= 11 is 1.35. The normalized spacial score (nSPS) is 10.9. The van der Waals surface area contributed by atoms with Crippen LogP contribution < -0.4 is 11.3 Å². The highest BCUT2D eigenvalue weighted by Gasteiger charge is 2.12. The van der Waals surface area contributed by atoms with Gasteiger partial charge >= 0.3 is 0 Å². The van der Waals surface area contributed by atoms with Crippen molar-refractivity contribution < 1.29 is 4.79 Å². The number of pyridine rings is 1. The highest BCUT2D eigenvalue weighted by molar-refractivity contribution is 7.12. The van der Waals surface area contributed by atoms with Crippen molar-refractivity contribution in [2.45, 2.75) is 6.42 Å². The number of rotatable bonds is 5. The molecule has 6 nitrogen and oxygen atoms in total. The number of aromatic nitrogens is 3. The molecule has 0 saturated carbocycles. The number of hydrogen-bond donors (Lipinski definition) is 1. The maximum Gasteiger partial charge on any atom is 0.259 e. The molecule has 3 aromatic heterocycles. The van der Waals surface area contributed by atoms with Gasteiger partial charge in [0.25, 0.3) is 11.5 Å². The number of hydrogen-bond acceptors (Lipinski definition) is 4. The lowest BCUT2D eigenvalue weighted by molar-refractivity contribution is 0.100. The Balaban J connectivity index is 1.57. The van der Waals surface area contributed by atoms with E-state index < -0.39 is 5.91 Å². The first-order chi connectivity index (χ1) is 13.5. The fourth-order valence-corrected chi connectivity index (χ4v) is 3.89. The van der Waals surface area contributed by atoms with E-state index in [4.69, 9.17) is 5.73 Å². The predicted molar refractivity (Wildman–Crippen MR) is 110 cm³/mol. The van der Waals surface area contributed by atoms with E-state index in [1.54, 1.807) is 24.1 Å². The molecule has 0 radical (unpaired) electrons. The minimum absolute atomic E-state index is 0.0267. The van der Waals surface area contributed by atoms with Crippen LogP contribution in [0.25, 0.3) is 16.8 Å². The Morgan fingerprint density at radius 2 is 1.96 bits per heavy atom. The van der Waals surface area contributed by atoms with Gasteiger partial charge in [-0.3, -0.25) is 9.59 Å². The van der Waals surface area contributed by atoms with E-state index in [1.807, 2.05) is 58.6 Å². The summed E-state index contributed by atoms with van der Waals surface area (Å²) in [5.74, 6) is -0.410. The second-order valence-electron chi connectivity index (χ2n) is 6.47. The van der Waals surface area contributed by atoms with Crippen molar-refractivity contribution in [1.82, 2.24) is 14.1 Å². The molecule has 0 aliphatic rings. The largest absolute Gasteiger partial charge is 0.365 e. The highest BCUT2D eigenvalue weighted by Crippen LogP contribution is 2.21. The Labute approximate surface area is 165 Å². The number of benzene rings is 1. The van der Waals surface area contributed by atoms with E-state index in [1.165, 1.54) is 11.3 Å². The van der Waals surface area contributed by atoms with Gasteiger partial charge in [0.2, 0.25) is 0 Å². The van der Waals surface area contributed by atoms with Crippen LogP contribution in [-0.4, -0.2) is 20.0 Å². The topological polar surface area (TPSA) is 82.9 Å². The fraction of sp³-hybridized carbons (Fsp3) is 0.0952. The molecule has 1 amide bonds. The van der Waals surface area contributed by atoms with Crippen LogP contribution >= 0.6 is 11.3 Å². The van der Waals surface area contributed by atoms with Crippen molar-refractivity contribution in [3.05, 3.63) is 93.1 Å². The van der Waals surface area contributed by atoms with Crippen molar-refractivity contribution >= 4 is 17.2 Å². The van der Waals surface area contributed by atoms with Crippen LogP contribution in [0.15, 0.2) is 71.4 Å². The highest BCUT2D eigenvalue weighted by atomic mass is 32.1. The van der Waals surface area contributed by atoms with Crippen molar-refractivity contribution in [1.29, 1.82) is 0 Å². The Kier molecular flexibility index (Phi) is 4.67. The molecule has 0 atom stereocenters. The van der Waals surface area contributed by atoms with Gasteiger partial charge < -0.3 is 14.9 Å². The summed E-state index contributed by atoms with van der Waals surface area (Å²) in [6, 6.07) is 13.3. The van der Waals surface area contributed by atoms with Crippen LogP contribution in [0.2, 0.25) is 0 Å². The van der Waals surface area contributed by atoms with E-state index in [9.17, 15) is 9.59 Å². The second kappa shape index (κ2) is 7.28. The zero-order valence-corrected chi connectivity index (χ0v) is 16.0. The molecule has 0 aliphatic heterocycles. The summed E-state index contributed by atoms with van der Waals surface area (Å²) < 4.78 is 3.48. The van der Waals surface area contributed by atoms with Crippen molar-refractivity contribution in [3.8, 4) is 16.8 Å². The smallest absolute Gasteiger partial charge is 0.259 e. The van der Waals surface area contributed by atoms with E-state index in [0.717, 1.165) is 22.5 Å². The van der Waals surface area contributed by atoms with E-state index in [-0.39, 0.29) is 5.56 Å². The maximum atomic E-state index is 12.3. The zero-order valence-electron chi connectivity index (χ0n) is 15.2. The Morgan fingerprint density at radius 3 is 2.71 bits per heavy atom. The summed E-state index contributed by atoms with van der Waals surface area (Å²) in [7, 11) is 1.74. The number of imidazole rings is 1. The molecule has 4 rings (SSSR count). The molecule has 140 valence electrons. The molecular formula is C21H18N4O2S. The van der Waals surface area contributed by atoms with Crippen molar-refractivity contribution in [2.75, 3.05) is 0 Å². The van der Waals surface area contributed by atoms with E-state index in [0.29, 0.717) is 16.9 Å². The Morgan fingerprint density at radius 1 is 1.18 bits per heavy atom. The van der Waals surface area contributed by atoms with E-state index >= 15 is 0 Å². The molecule has 0 fully saturated rings. The van der Waals surface area contributed by atoms with Gasteiger partial charge in [0.05, 0.1) is 16.9 Å². The van der Waals surface area contributed by atoms with Crippen molar-refractivity contribution in [2.24, 2.45) is 12.8 Å². The summed E-state index contributed by atoms with van der Waals surface area (Å²) in [5, 5.41) is 1.86. The fourth-order valence-electron chi connectivity index (χ4n) is 3.11. The summed E-state index contributed by atoms with van der Waals surface area (Å²) in [6.45, 7) is 0. The third-order valence-corrected chi connectivity index (χ3v) is 5.55. The van der Waals surface area contributed by atoms with Crippen LogP contribution in [0.1, 0.15) is 20.9 Å². The van der Waals surface area contributed by atoms with Gasteiger partial charge in [0, 0.05) is 37.1 Å². The first kappa shape index (κ1) is 17.9. The summed E-state index contributed by atoms with van der Waals surface area (Å²) in [4.78, 5) is 28.8. The van der Waals surface area contributed by atoms with Gasteiger partial charge in [-0.15, -0.1) is 11.3 Å². The average Bonchev–Trinajstić information content (AvgIpc) is 3.34. The molecule has 0 saturated heterocycles. The Bertz CT molecular complexity index is 1200. The van der Waals surface area contributed by atoms with Crippen LogP contribution in [-0.2, 0) is 13.5 Å². The van der Waals surface area contributed by atoms with Gasteiger partial charge in [-0.2, -0.15) is 0 Å². The predicted octanol–water partition coefficient (Wildman–Crippen LogP) is 2.99. The summed E-state index contributed by atoms with van der Waals surface area (Å²) in [5.41, 5.74) is 9.60. The minimum atomic E-state index is -0.410. The summed E-state index contributed by atoms with van der Waals surface area (Å²) in [6.07, 6.45) is 5.96. The van der Waals surface area contributed by atoms with Crippen LogP contribution in [0.3, 0.4) is 0 Å². The SMILES string of the molecule is Cn1cccc(-c2ccc(-n3cnc(Cc4ccsc4C(N)=O)c3)cc2)c1=O. The number of aryl methyl sites for hydroxylation is 1.